The third kappa shape index (κ3) is 4.16. The molecule has 0 bridgehead atoms. The average Bonchev–Trinajstić information content (AvgIpc) is 2.58. The van der Waals surface area contributed by atoms with Crippen LogP contribution in [0.1, 0.15) is 30.9 Å². The van der Waals surface area contributed by atoms with Gasteiger partial charge in [-0.2, -0.15) is 0 Å². The number of carbonyl (C=O) groups excluding carboxylic acids is 1. The van der Waals surface area contributed by atoms with E-state index in [1.165, 1.54) is 18.5 Å². The molecule has 2 aromatic rings. The molecule has 0 atom stereocenters. The van der Waals surface area contributed by atoms with Crippen molar-refractivity contribution in [2.75, 3.05) is 23.3 Å². The first-order valence-corrected chi connectivity index (χ1v) is 8.81. The molecule has 3 rings (SSSR count). The van der Waals surface area contributed by atoms with E-state index >= 15 is 0 Å². The van der Waals surface area contributed by atoms with E-state index in [1.807, 2.05) is 43.3 Å². The third-order valence-corrected chi connectivity index (χ3v) is 4.91. The molecular formula is C21H26N2O. The predicted molar refractivity (Wildman–Crippen MR) is 101 cm³/mol. The van der Waals surface area contributed by atoms with Crippen molar-refractivity contribution in [1.29, 1.82) is 0 Å². The minimum absolute atomic E-state index is 0.0313. The van der Waals surface area contributed by atoms with E-state index in [0.29, 0.717) is 6.42 Å². The number of piperidine rings is 1. The second kappa shape index (κ2) is 7.52. The van der Waals surface area contributed by atoms with Crippen LogP contribution < -0.4 is 10.2 Å². The molecule has 0 spiro atoms. The highest BCUT2D eigenvalue weighted by Crippen LogP contribution is 2.24. The number of hydrogen-bond donors (Lipinski definition) is 1. The fourth-order valence-electron chi connectivity index (χ4n) is 3.21. The van der Waals surface area contributed by atoms with Crippen LogP contribution in [0.4, 0.5) is 11.4 Å². The van der Waals surface area contributed by atoms with E-state index < -0.39 is 0 Å². The van der Waals surface area contributed by atoms with Crippen LogP contribution in [0.3, 0.4) is 0 Å². The van der Waals surface area contributed by atoms with Crippen molar-refractivity contribution in [2.45, 2.75) is 33.1 Å². The highest BCUT2D eigenvalue weighted by Gasteiger charge is 2.16. The zero-order chi connectivity index (χ0) is 16.9. The first-order valence-electron chi connectivity index (χ1n) is 8.81. The van der Waals surface area contributed by atoms with Crippen LogP contribution in [-0.4, -0.2) is 19.0 Å². The average molecular weight is 322 g/mol. The van der Waals surface area contributed by atoms with Crippen LogP contribution >= 0.6 is 0 Å². The van der Waals surface area contributed by atoms with Crippen LogP contribution in [0, 0.1) is 12.8 Å². The summed E-state index contributed by atoms with van der Waals surface area (Å²) in [5, 5.41) is 3.00. The molecule has 0 unspecified atom stereocenters. The van der Waals surface area contributed by atoms with E-state index in [1.54, 1.807) is 0 Å². The van der Waals surface area contributed by atoms with E-state index in [0.717, 1.165) is 35.8 Å². The Hall–Kier alpha value is -2.29. The van der Waals surface area contributed by atoms with Gasteiger partial charge in [-0.1, -0.05) is 31.2 Å². The van der Waals surface area contributed by atoms with Gasteiger partial charge in [0.05, 0.1) is 6.42 Å². The summed E-state index contributed by atoms with van der Waals surface area (Å²) >= 11 is 0. The van der Waals surface area contributed by atoms with Gasteiger partial charge in [-0.15, -0.1) is 0 Å². The number of nitrogens with zero attached hydrogens (tertiary/aromatic N) is 1. The van der Waals surface area contributed by atoms with Gasteiger partial charge < -0.3 is 10.2 Å². The molecule has 1 heterocycles. The van der Waals surface area contributed by atoms with Crippen LogP contribution in [0.5, 0.6) is 0 Å². The first-order chi connectivity index (χ1) is 11.6. The normalized spacial score (nSPS) is 15.3. The van der Waals surface area contributed by atoms with Gasteiger partial charge >= 0.3 is 0 Å². The van der Waals surface area contributed by atoms with Gasteiger partial charge in [0.2, 0.25) is 5.91 Å². The summed E-state index contributed by atoms with van der Waals surface area (Å²) < 4.78 is 0. The van der Waals surface area contributed by atoms with Crippen LogP contribution in [0.15, 0.2) is 48.5 Å². The van der Waals surface area contributed by atoms with Crippen molar-refractivity contribution in [2.24, 2.45) is 5.92 Å². The maximum atomic E-state index is 12.2. The molecule has 3 nitrogen and oxygen atoms in total. The van der Waals surface area contributed by atoms with Crippen molar-refractivity contribution in [1.82, 2.24) is 0 Å². The highest BCUT2D eigenvalue weighted by molar-refractivity contribution is 5.92. The van der Waals surface area contributed by atoms with Crippen molar-refractivity contribution >= 4 is 17.3 Å². The molecule has 3 heteroatoms. The summed E-state index contributed by atoms with van der Waals surface area (Å²) in [6.45, 7) is 6.61. The van der Waals surface area contributed by atoms with E-state index in [4.69, 9.17) is 0 Å². The molecule has 1 N–H and O–H groups in total. The van der Waals surface area contributed by atoms with Crippen LogP contribution in [0.25, 0.3) is 0 Å². The third-order valence-electron chi connectivity index (χ3n) is 4.91. The lowest BCUT2D eigenvalue weighted by atomic mass is 9.99. The second-order valence-corrected chi connectivity index (χ2v) is 6.87. The molecule has 0 aliphatic carbocycles. The lowest BCUT2D eigenvalue weighted by Gasteiger charge is -2.32. The standard InChI is InChI=1S/C21H26N2O/c1-16-11-13-23(14-12-16)20-9-7-19(8-10-20)22-21(24)15-18-6-4-3-5-17(18)2/h3-10,16H,11-15H2,1-2H3,(H,22,24). The van der Waals surface area contributed by atoms with Gasteiger partial charge in [-0.3, -0.25) is 4.79 Å². The Morgan fingerprint density at radius 3 is 2.42 bits per heavy atom. The molecule has 0 radical (unpaired) electrons. The van der Waals surface area contributed by atoms with Crippen molar-refractivity contribution in [3.8, 4) is 0 Å². The van der Waals surface area contributed by atoms with Gasteiger partial charge in [0.1, 0.15) is 0 Å². The van der Waals surface area contributed by atoms with Crippen LogP contribution in [-0.2, 0) is 11.2 Å². The predicted octanol–water partition coefficient (Wildman–Crippen LogP) is 4.41. The summed E-state index contributed by atoms with van der Waals surface area (Å²) in [6.07, 6.45) is 2.93. The minimum Gasteiger partial charge on any atom is -0.372 e. The highest BCUT2D eigenvalue weighted by atomic mass is 16.1. The minimum atomic E-state index is 0.0313. The Morgan fingerprint density at radius 2 is 1.75 bits per heavy atom. The molecule has 1 saturated heterocycles. The summed E-state index contributed by atoms with van der Waals surface area (Å²) in [7, 11) is 0. The van der Waals surface area contributed by atoms with Crippen molar-refractivity contribution in [3.05, 3.63) is 59.7 Å². The Kier molecular flexibility index (Phi) is 5.19. The molecular weight excluding hydrogens is 296 g/mol. The molecule has 0 aromatic heterocycles. The summed E-state index contributed by atoms with van der Waals surface area (Å²) in [4.78, 5) is 14.7. The SMILES string of the molecule is Cc1ccccc1CC(=O)Nc1ccc(N2CCC(C)CC2)cc1. The Bertz CT molecular complexity index is 685. The number of aryl methyl sites for hydroxylation is 1. The Balaban J connectivity index is 1.58. The van der Waals surface area contributed by atoms with E-state index in [2.05, 4.69) is 29.3 Å². The number of hydrogen-bond acceptors (Lipinski definition) is 2. The molecule has 1 amide bonds. The molecule has 126 valence electrons. The van der Waals surface area contributed by atoms with Gasteiger partial charge in [-0.25, -0.2) is 0 Å². The zero-order valence-corrected chi connectivity index (χ0v) is 14.6. The topological polar surface area (TPSA) is 32.3 Å². The first kappa shape index (κ1) is 16.6. The fraction of sp³-hybridized carbons (Fsp3) is 0.381. The molecule has 1 aliphatic heterocycles. The quantitative estimate of drug-likeness (QED) is 0.904. The summed E-state index contributed by atoms with van der Waals surface area (Å²) in [5.41, 5.74) is 4.35. The van der Waals surface area contributed by atoms with Gasteiger partial charge in [-0.05, 0) is 61.1 Å². The number of carbonyl (C=O) groups is 1. The van der Waals surface area contributed by atoms with Gasteiger partial charge in [0.25, 0.3) is 0 Å². The molecule has 2 aromatic carbocycles. The lowest BCUT2D eigenvalue weighted by molar-refractivity contribution is -0.115. The Morgan fingerprint density at radius 1 is 1.08 bits per heavy atom. The lowest BCUT2D eigenvalue weighted by Crippen LogP contribution is -2.32. The van der Waals surface area contributed by atoms with Gasteiger partial charge in [0.15, 0.2) is 0 Å². The molecule has 0 saturated carbocycles. The monoisotopic (exact) mass is 322 g/mol. The van der Waals surface area contributed by atoms with Crippen molar-refractivity contribution < 1.29 is 4.79 Å². The number of rotatable bonds is 4. The number of amides is 1. The molecule has 24 heavy (non-hydrogen) atoms. The summed E-state index contributed by atoms with van der Waals surface area (Å²) in [5.74, 6) is 0.866. The largest absolute Gasteiger partial charge is 0.372 e. The van der Waals surface area contributed by atoms with Crippen molar-refractivity contribution in [3.63, 3.8) is 0 Å². The maximum absolute atomic E-state index is 12.2. The number of benzene rings is 2. The smallest absolute Gasteiger partial charge is 0.228 e. The molecule has 1 aliphatic rings. The number of anilines is 2. The van der Waals surface area contributed by atoms with Gasteiger partial charge in [0, 0.05) is 24.5 Å². The van der Waals surface area contributed by atoms with Crippen LogP contribution in [0.2, 0.25) is 0 Å². The number of nitrogens with one attached hydrogen (secondary N) is 1. The second-order valence-electron chi connectivity index (χ2n) is 6.87. The molecule has 1 fully saturated rings. The maximum Gasteiger partial charge on any atom is 0.228 e. The van der Waals surface area contributed by atoms with E-state index in [9.17, 15) is 4.79 Å². The Labute approximate surface area is 144 Å². The zero-order valence-electron chi connectivity index (χ0n) is 14.6. The van der Waals surface area contributed by atoms with E-state index in [-0.39, 0.29) is 5.91 Å². The summed E-state index contributed by atoms with van der Waals surface area (Å²) in [6, 6.07) is 16.2. The fourth-order valence-corrected chi connectivity index (χ4v) is 3.21.